The molecule has 1 fully saturated rings. The molecular formula is C8H9NO2. The third-order valence-corrected chi connectivity index (χ3v) is 2.15. The Labute approximate surface area is 64.4 Å². The zero-order valence-electron chi connectivity index (χ0n) is 6.33. The Kier molecular flexibility index (Phi) is 1.16. The molecule has 58 valence electrons. The SMILES string of the molecule is Cc1cc(C2(C=O)CC2)no1. The first kappa shape index (κ1) is 6.58. The second kappa shape index (κ2) is 1.94. The molecule has 1 aromatic rings. The summed E-state index contributed by atoms with van der Waals surface area (Å²) in [6.45, 7) is 1.83. The average molecular weight is 151 g/mol. The zero-order chi connectivity index (χ0) is 7.90. The maximum atomic E-state index is 10.6. The molecule has 0 atom stereocenters. The number of aromatic nitrogens is 1. The Morgan fingerprint density at radius 3 is 2.82 bits per heavy atom. The molecule has 0 aromatic carbocycles. The van der Waals surface area contributed by atoms with Gasteiger partial charge in [0, 0.05) is 6.07 Å². The summed E-state index contributed by atoms with van der Waals surface area (Å²) in [7, 11) is 0. The smallest absolute Gasteiger partial charge is 0.133 e. The number of aldehydes is 1. The summed E-state index contributed by atoms with van der Waals surface area (Å²) in [5.74, 6) is 0.771. The normalized spacial score (nSPS) is 19.7. The Morgan fingerprint density at radius 2 is 2.45 bits per heavy atom. The predicted molar refractivity (Wildman–Crippen MR) is 38.2 cm³/mol. The van der Waals surface area contributed by atoms with E-state index >= 15 is 0 Å². The van der Waals surface area contributed by atoms with Gasteiger partial charge in [0.05, 0.1) is 11.1 Å². The van der Waals surface area contributed by atoms with E-state index in [4.69, 9.17) is 4.52 Å². The third kappa shape index (κ3) is 0.878. The molecule has 1 aliphatic carbocycles. The van der Waals surface area contributed by atoms with Gasteiger partial charge >= 0.3 is 0 Å². The number of carbonyl (C=O) groups is 1. The fraction of sp³-hybridized carbons (Fsp3) is 0.500. The highest BCUT2D eigenvalue weighted by molar-refractivity contribution is 5.71. The summed E-state index contributed by atoms with van der Waals surface area (Å²) in [6.07, 6.45) is 2.81. The maximum Gasteiger partial charge on any atom is 0.133 e. The lowest BCUT2D eigenvalue weighted by atomic mass is 10.1. The third-order valence-electron chi connectivity index (χ3n) is 2.15. The van der Waals surface area contributed by atoms with Crippen molar-refractivity contribution >= 4 is 6.29 Å². The number of rotatable bonds is 2. The van der Waals surface area contributed by atoms with Crippen LogP contribution in [0.25, 0.3) is 0 Å². The molecule has 3 heteroatoms. The molecule has 2 rings (SSSR count). The zero-order valence-corrected chi connectivity index (χ0v) is 6.33. The van der Waals surface area contributed by atoms with Crippen LogP contribution >= 0.6 is 0 Å². The molecule has 1 aliphatic rings. The van der Waals surface area contributed by atoms with E-state index in [1.165, 1.54) is 0 Å². The van der Waals surface area contributed by atoms with E-state index < -0.39 is 0 Å². The van der Waals surface area contributed by atoms with Crippen LogP contribution in [0.15, 0.2) is 10.6 Å². The van der Waals surface area contributed by atoms with Gasteiger partial charge < -0.3 is 9.32 Å². The van der Waals surface area contributed by atoms with Gasteiger partial charge in [-0.3, -0.25) is 0 Å². The van der Waals surface area contributed by atoms with Crippen LogP contribution in [0.1, 0.15) is 24.3 Å². The van der Waals surface area contributed by atoms with Crippen LogP contribution in [0, 0.1) is 6.92 Å². The van der Waals surface area contributed by atoms with Crippen LogP contribution in [0.2, 0.25) is 0 Å². The van der Waals surface area contributed by atoms with Crippen molar-refractivity contribution in [1.82, 2.24) is 5.16 Å². The van der Waals surface area contributed by atoms with Crippen molar-refractivity contribution in [2.45, 2.75) is 25.2 Å². The van der Waals surface area contributed by atoms with E-state index in [0.717, 1.165) is 30.6 Å². The van der Waals surface area contributed by atoms with Gasteiger partial charge in [-0.2, -0.15) is 0 Å². The Morgan fingerprint density at radius 1 is 1.73 bits per heavy atom. The molecule has 11 heavy (non-hydrogen) atoms. The fourth-order valence-electron chi connectivity index (χ4n) is 1.17. The van der Waals surface area contributed by atoms with Gasteiger partial charge in [-0.25, -0.2) is 0 Å². The number of carbonyl (C=O) groups excluding carboxylic acids is 1. The molecule has 0 unspecified atom stereocenters. The lowest BCUT2D eigenvalue weighted by Gasteiger charge is -1.96. The number of aryl methyl sites for hydroxylation is 1. The Hall–Kier alpha value is -1.12. The largest absolute Gasteiger partial charge is 0.361 e. The van der Waals surface area contributed by atoms with E-state index in [1.54, 1.807) is 0 Å². The number of hydrogen-bond acceptors (Lipinski definition) is 3. The fourth-order valence-corrected chi connectivity index (χ4v) is 1.17. The van der Waals surface area contributed by atoms with Crippen molar-refractivity contribution in [3.8, 4) is 0 Å². The monoisotopic (exact) mass is 151 g/mol. The van der Waals surface area contributed by atoms with Crippen LogP contribution in [0.5, 0.6) is 0 Å². The molecule has 1 aromatic heterocycles. The molecule has 0 bridgehead atoms. The summed E-state index contributed by atoms with van der Waals surface area (Å²) in [6, 6.07) is 1.83. The molecular weight excluding hydrogens is 142 g/mol. The quantitative estimate of drug-likeness (QED) is 0.597. The topological polar surface area (TPSA) is 43.1 Å². The van der Waals surface area contributed by atoms with E-state index in [1.807, 2.05) is 13.0 Å². The Balaban J connectivity index is 2.36. The average Bonchev–Trinajstić information content (AvgIpc) is 2.70. The summed E-state index contributed by atoms with van der Waals surface area (Å²) in [4.78, 5) is 10.6. The van der Waals surface area contributed by atoms with Crippen molar-refractivity contribution in [3.05, 3.63) is 17.5 Å². The van der Waals surface area contributed by atoms with Crippen LogP contribution in [-0.4, -0.2) is 11.4 Å². The molecule has 0 amide bonds. The lowest BCUT2D eigenvalue weighted by Crippen LogP contribution is -2.07. The van der Waals surface area contributed by atoms with Gasteiger partial charge in [-0.1, -0.05) is 5.16 Å². The van der Waals surface area contributed by atoms with Gasteiger partial charge in [0.2, 0.25) is 0 Å². The molecule has 0 radical (unpaired) electrons. The van der Waals surface area contributed by atoms with Gasteiger partial charge in [-0.15, -0.1) is 0 Å². The predicted octanol–water partition coefficient (Wildman–Crippen LogP) is 1.21. The van der Waals surface area contributed by atoms with Crippen molar-refractivity contribution in [1.29, 1.82) is 0 Å². The van der Waals surface area contributed by atoms with Gasteiger partial charge in [0.25, 0.3) is 0 Å². The first-order valence-corrected chi connectivity index (χ1v) is 3.67. The molecule has 0 saturated heterocycles. The highest BCUT2D eigenvalue weighted by Gasteiger charge is 2.46. The highest BCUT2D eigenvalue weighted by Crippen LogP contribution is 2.45. The first-order chi connectivity index (χ1) is 5.27. The minimum Gasteiger partial charge on any atom is -0.361 e. The van der Waals surface area contributed by atoms with Crippen LogP contribution in [0.3, 0.4) is 0 Å². The molecule has 1 heterocycles. The highest BCUT2D eigenvalue weighted by atomic mass is 16.5. The molecule has 1 saturated carbocycles. The molecule has 0 N–H and O–H groups in total. The Bertz CT molecular complexity index is 286. The van der Waals surface area contributed by atoms with Crippen LogP contribution in [-0.2, 0) is 10.2 Å². The first-order valence-electron chi connectivity index (χ1n) is 3.67. The second-order valence-corrected chi connectivity index (χ2v) is 3.10. The van der Waals surface area contributed by atoms with Crippen molar-refractivity contribution in [2.24, 2.45) is 0 Å². The second-order valence-electron chi connectivity index (χ2n) is 3.10. The van der Waals surface area contributed by atoms with Gasteiger partial charge in [0.15, 0.2) is 0 Å². The molecule has 0 spiro atoms. The minimum atomic E-state index is -0.280. The van der Waals surface area contributed by atoms with Crippen molar-refractivity contribution in [2.75, 3.05) is 0 Å². The maximum absolute atomic E-state index is 10.6. The number of hydrogen-bond donors (Lipinski definition) is 0. The van der Waals surface area contributed by atoms with Crippen molar-refractivity contribution in [3.63, 3.8) is 0 Å². The summed E-state index contributed by atoms with van der Waals surface area (Å²) >= 11 is 0. The van der Waals surface area contributed by atoms with E-state index in [9.17, 15) is 4.79 Å². The van der Waals surface area contributed by atoms with Crippen LogP contribution < -0.4 is 0 Å². The summed E-state index contributed by atoms with van der Waals surface area (Å²) in [5, 5.41) is 3.81. The standard InChI is InChI=1S/C8H9NO2/c1-6-4-7(9-11-6)8(5-10)2-3-8/h4-5H,2-3H2,1H3. The lowest BCUT2D eigenvalue weighted by molar-refractivity contribution is -0.110. The molecule has 0 aliphatic heterocycles. The minimum absolute atomic E-state index is 0.280. The van der Waals surface area contributed by atoms with E-state index in [2.05, 4.69) is 5.16 Å². The molecule has 3 nitrogen and oxygen atoms in total. The summed E-state index contributed by atoms with van der Waals surface area (Å²) in [5.41, 5.74) is 0.516. The number of nitrogens with zero attached hydrogens (tertiary/aromatic N) is 1. The summed E-state index contributed by atoms with van der Waals surface area (Å²) < 4.78 is 4.88. The van der Waals surface area contributed by atoms with E-state index in [0.29, 0.717) is 0 Å². The van der Waals surface area contributed by atoms with E-state index in [-0.39, 0.29) is 5.41 Å². The van der Waals surface area contributed by atoms with Gasteiger partial charge in [0.1, 0.15) is 12.0 Å². The van der Waals surface area contributed by atoms with Crippen LogP contribution in [0.4, 0.5) is 0 Å². The van der Waals surface area contributed by atoms with Gasteiger partial charge in [-0.05, 0) is 19.8 Å². The van der Waals surface area contributed by atoms with Crippen molar-refractivity contribution < 1.29 is 9.32 Å².